The molecular weight excluding hydrogens is 346 g/mol. The fourth-order valence-electron chi connectivity index (χ4n) is 2.54. The highest BCUT2D eigenvalue weighted by atomic mass is 16.6. The molecule has 2 heterocycles. The number of nitrogens with zero attached hydrogens (tertiary/aromatic N) is 6. The van der Waals surface area contributed by atoms with Gasteiger partial charge in [0, 0.05) is 12.1 Å². The maximum Gasteiger partial charge on any atom is 0.269 e. The molecule has 1 N–H and O–H groups in total. The molecule has 0 saturated carbocycles. The first-order chi connectivity index (χ1) is 13.2. The molecule has 2 aromatic heterocycles. The molecule has 0 unspecified atom stereocenters. The van der Waals surface area contributed by atoms with Gasteiger partial charge in [-0.2, -0.15) is 10.2 Å². The van der Waals surface area contributed by atoms with Gasteiger partial charge in [-0.3, -0.25) is 15.5 Å². The lowest BCUT2D eigenvalue weighted by Gasteiger charge is -2.03. The van der Waals surface area contributed by atoms with E-state index in [1.165, 1.54) is 18.5 Å². The quantitative estimate of drug-likeness (QED) is 0.333. The van der Waals surface area contributed by atoms with Gasteiger partial charge in [-0.15, -0.1) is 0 Å². The highest BCUT2D eigenvalue weighted by Crippen LogP contribution is 2.21. The zero-order chi connectivity index (χ0) is 18.6. The Kier molecular flexibility index (Phi) is 4.24. The van der Waals surface area contributed by atoms with Gasteiger partial charge in [-0.25, -0.2) is 14.6 Å². The summed E-state index contributed by atoms with van der Waals surface area (Å²) in [4.78, 5) is 18.7. The number of nitrogens with one attached hydrogen (secondary N) is 1. The van der Waals surface area contributed by atoms with Crippen molar-refractivity contribution in [2.24, 2.45) is 5.10 Å². The van der Waals surface area contributed by atoms with E-state index in [4.69, 9.17) is 0 Å². The smallest absolute Gasteiger partial charge is 0.261 e. The molecule has 132 valence electrons. The Morgan fingerprint density at radius 2 is 1.85 bits per heavy atom. The van der Waals surface area contributed by atoms with Crippen LogP contribution in [0.3, 0.4) is 0 Å². The number of hydrazone groups is 1. The van der Waals surface area contributed by atoms with Crippen LogP contribution < -0.4 is 5.43 Å². The number of rotatable bonds is 5. The van der Waals surface area contributed by atoms with Crippen molar-refractivity contribution in [1.82, 2.24) is 19.7 Å². The van der Waals surface area contributed by atoms with Gasteiger partial charge >= 0.3 is 0 Å². The zero-order valence-electron chi connectivity index (χ0n) is 13.9. The van der Waals surface area contributed by atoms with Crippen LogP contribution in [0.5, 0.6) is 0 Å². The van der Waals surface area contributed by atoms with E-state index in [1.54, 1.807) is 29.2 Å². The van der Waals surface area contributed by atoms with Crippen LogP contribution >= 0.6 is 0 Å². The topological polar surface area (TPSA) is 111 Å². The summed E-state index contributed by atoms with van der Waals surface area (Å²) in [5.41, 5.74) is 5.18. The molecular formula is C18H13N7O2. The van der Waals surface area contributed by atoms with E-state index in [-0.39, 0.29) is 5.69 Å². The van der Waals surface area contributed by atoms with Crippen LogP contribution in [0.25, 0.3) is 16.7 Å². The second kappa shape index (κ2) is 7.00. The first-order valence-corrected chi connectivity index (χ1v) is 8.00. The van der Waals surface area contributed by atoms with Gasteiger partial charge in [0.25, 0.3) is 5.69 Å². The summed E-state index contributed by atoms with van der Waals surface area (Å²) < 4.78 is 1.72. The van der Waals surface area contributed by atoms with Crippen molar-refractivity contribution < 1.29 is 4.92 Å². The molecule has 0 aliphatic rings. The number of nitro benzene ring substituents is 1. The molecule has 9 nitrogen and oxygen atoms in total. The average Bonchev–Trinajstić information content (AvgIpc) is 3.14. The molecule has 0 fully saturated rings. The van der Waals surface area contributed by atoms with Crippen molar-refractivity contribution in [2.45, 2.75) is 0 Å². The third-order valence-electron chi connectivity index (χ3n) is 3.85. The van der Waals surface area contributed by atoms with E-state index < -0.39 is 4.92 Å². The van der Waals surface area contributed by atoms with E-state index >= 15 is 0 Å². The lowest BCUT2D eigenvalue weighted by Crippen LogP contribution is -1.99. The molecule has 27 heavy (non-hydrogen) atoms. The summed E-state index contributed by atoms with van der Waals surface area (Å²) in [7, 11) is 0. The molecule has 0 saturated heterocycles. The van der Waals surface area contributed by atoms with Crippen LogP contribution in [0, 0.1) is 10.1 Å². The molecule has 4 aromatic rings. The third-order valence-corrected chi connectivity index (χ3v) is 3.85. The fraction of sp³-hybridized carbons (Fsp3) is 0. The van der Waals surface area contributed by atoms with Gasteiger partial charge in [0.15, 0.2) is 11.5 Å². The molecule has 9 heteroatoms. The second-order valence-electron chi connectivity index (χ2n) is 5.57. The van der Waals surface area contributed by atoms with Crippen LogP contribution in [-0.4, -0.2) is 30.9 Å². The van der Waals surface area contributed by atoms with E-state index in [1.807, 2.05) is 30.3 Å². The highest BCUT2D eigenvalue weighted by Gasteiger charge is 2.10. The summed E-state index contributed by atoms with van der Waals surface area (Å²) >= 11 is 0. The predicted octanol–water partition coefficient (Wildman–Crippen LogP) is 3.17. The van der Waals surface area contributed by atoms with Crippen LogP contribution in [0.15, 0.2) is 72.2 Å². The number of non-ortho nitro benzene ring substituents is 1. The van der Waals surface area contributed by atoms with E-state index in [0.717, 1.165) is 16.6 Å². The van der Waals surface area contributed by atoms with Gasteiger partial charge in [-0.05, 0) is 29.8 Å². The number of para-hydroxylation sites is 1. The minimum Gasteiger partial charge on any atom is -0.261 e. The summed E-state index contributed by atoms with van der Waals surface area (Å²) in [5.74, 6) is 0.514. The maximum absolute atomic E-state index is 10.7. The average molecular weight is 359 g/mol. The normalized spacial score (nSPS) is 11.1. The van der Waals surface area contributed by atoms with E-state index in [0.29, 0.717) is 11.5 Å². The molecule has 0 amide bonds. The second-order valence-corrected chi connectivity index (χ2v) is 5.57. The molecule has 0 aliphatic heterocycles. The summed E-state index contributed by atoms with van der Waals surface area (Å²) in [6.07, 6.45) is 4.67. The highest BCUT2D eigenvalue weighted by molar-refractivity contribution is 5.88. The lowest BCUT2D eigenvalue weighted by molar-refractivity contribution is -0.384. The summed E-state index contributed by atoms with van der Waals surface area (Å²) in [5, 5.41) is 19.9. The standard InChI is InChI=1S/C18H13N7O2/c26-25(27)15-8-6-13(7-9-15)10-21-23-17-16-11-22-24(18(16)20-12-19-17)14-4-2-1-3-5-14/h1-12H,(H,19,20,23). The van der Waals surface area contributed by atoms with Crippen molar-refractivity contribution in [3.63, 3.8) is 0 Å². The van der Waals surface area contributed by atoms with Crippen molar-refractivity contribution in [1.29, 1.82) is 0 Å². The third kappa shape index (κ3) is 3.33. The van der Waals surface area contributed by atoms with Crippen molar-refractivity contribution in [3.8, 4) is 5.69 Å². The first kappa shape index (κ1) is 16.3. The van der Waals surface area contributed by atoms with Gasteiger partial charge in [0.05, 0.1) is 28.4 Å². The Morgan fingerprint density at radius 1 is 1.07 bits per heavy atom. The zero-order valence-corrected chi connectivity index (χ0v) is 13.9. The molecule has 2 aromatic carbocycles. The van der Waals surface area contributed by atoms with Crippen LogP contribution in [-0.2, 0) is 0 Å². The number of benzene rings is 2. The molecule has 4 rings (SSSR count). The number of anilines is 1. The minimum absolute atomic E-state index is 0.0333. The first-order valence-electron chi connectivity index (χ1n) is 8.00. The summed E-state index contributed by atoms with van der Waals surface area (Å²) in [6, 6.07) is 15.8. The van der Waals surface area contributed by atoms with Crippen molar-refractivity contribution in [3.05, 3.63) is 82.8 Å². The number of hydrogen-bond donors (Lipinski definition) is 1. The Balaban J connectivity index is 1.57. The molecule has 0 aliphatic carbocycles. The largest absolute Gasteiger partial charge is 0.269 e. The lowest BCUT2D eigenvalue weighted by atomic mass is 10.2. The van der Waals surface area contributed by atoms with E-state index in [2.05, 4.69) is 25.6 Å². The fourth-order valence-corrected chi connectivity index (χ4v) is 2.54. The predicted molar refractivity (Wildman–Crippen MR) is 101 cm³/mol. The maximum atomic E-state index is 10.7. The van der Waals surface area contributed by atoms with Gasteiger partial charge < -0.3 is 0 Å². The number of hydrogen-bond acceptors (Lipinski definition) is 7. The molecule has 0 bridgehead atoms. The molecule has 0 atom stereocenters. The number of fused-ring (bicyclic) bond motifs is 1. The minimum atomic E-state index is -0.443. The molecule has 0 spiro atoms. The van der Waals surface area contributed by atoms with Crippen LogP contribution in [0.1, 0.15) is 5.56 Å². The number of aromatic nitrogens is 4. The Labute approximate surface area is 153 Å². The van der Waals surface area contributed by atoms with Gasteiger partial charge in [0.1, 0.15) is 6.33 Å². The monoisotopic (exact) mass is 359 g/mol. The van der Waals surface area contributed by atoms with E-state index in [9.17, 15) is 10.1 Å². The Bertz CT molecular complexity index is 1120. The van der Waals surface area contributed by atoms with Crippen molar-refractivity contribution >= 4 is 28.8 Å². The Morgan fingerprint density at radius 3 is 2.59 bits per heavy atom. The Hall–Kier alpha value is -4.14. The van der Waals surface area contributed by atoms with Crippen molar-refractivity contribution in [2.75, 3.05) is 5.43 Å². The SMILES string of the molecule is O=[N+]([O-])c1ccc(C=NNc2ncnc3c2cnn3-c2ccccc2)cc1. The van der Waals surface area contributed by atoms with Crippen LogP contribution in [0.4, 0.5) is 11.5 Å². The molecule has 0 radical (unpaired) electrons. The van der Waals surface area contributed by atoms with Crippen LogP contribution in [0.2, 0.25) is 0 Å². The van der Waals surface area contributed by atoms with Gasteiger partial charge in [-0.1, -0.05) is 18.2 Å². The van der Waals surface area contributed by atoms with Gasteiger partial charge in [0.2, 0.25) is 0 Å². The number of nitro groups is 1. The summed E-state index contributed by atoms with van der Waals surface area (Å²) in [6.45, 7) is 0.